The highest BCUT2D eigenvalue weighted by Gasteiger charge is 2.48. The Kier molecular flexibility index (Phi) is 7.56. The summed E-state index contributed by atoms with van der Waals surface area (Å²) in [5.74, 6) is 5.73. The van der Waals surface area contributed by atoms with E-state index in [1.807, 2.05) is 17.6 Å². The second-order valence-electron chi connectivity index (χ2n) is 8.10. The lowest BCUT2D eigenvalue weighted by atomic mass is 9.74. The zero-order valence-electron chi connectivity index (χ0n) is 19.5. The van der Waals surface area contributed by atoms with Crippen LogP contribution >= 0.6 is 23.2 Å². The van der Waals surface area contributed by atoms with Crippen LogP contribution in [0.2, 0.25) is 10.0 Å². The van der Waals surface area contributed by atoms with E-state index >= 15 is 0 Å². The molecule has 4 rings (SSSR count). The summed E-state index contributed by atoms with van der Waals surface area (Å²) in [4.78, 5) is 12.0. The number of nitrogens with two attached hydrogens (primary N) is 1. The van der Waals surface area contributed by atoms with Gasteiger partial charge in [0, 0.05) is 17.1 Å². The normalized spacial score (nSPS) is 17.6. The average molecular weight is 530 g/mol. The summed E-state index contributed by atoms with van der Waals surface area (Å²) < 4.78 is 10.6. The van der Waals surface area contributed by atoms with Gasteiger partial charge in [0.2, 0.25) is 0 Å². The smallest absolute Gasteiger partial charge is 0.349 e. The Bertz CT molecular complexity index is 1280. The number of rotatable bonds is 7. The third-order valence-corrected chi connectivity index (χ3v) is 6.57. The van der Waals surface area contributed by atoms with Gasteiger partial charge in [-0.05, 0) is 59.7 Å². The van der Waals surface area contributed by atoms with Crippen molar-refractivity contribution < 1.29 is 19.4 Å². The van der Waals surface area contributed by atoms with E-state index in [-0.39, 0.29) is 6.54 Å². The van der Waals surface area contributed by atoms with Crippen molar-refractivity contribution in [3.8, 4) is 11.5 Å². The van der Waals surface area contributed by atoms with Crippen molar-refractivity contribution in [2.75, 3.05) is 26.1 Å². The molecule has 0 saturated carbocycles. The zero-order chi connectivity index (χ0) is 25.9. The van der Waals surface area contributed by atoms with Gasteiger partial charge in [0.1, 0.15) is 17.1 Å². The molecule has 188 valence electrons. The molecular weight excluding hydrogens is 505 g/mol. The first-order valence-electron chi connectivity index (χ1n) is 10.9. The Morgan fingerprint density at radius 1 is 1.08 bits per heavy atom. The topological polar surface area (TPSA) is 130 Å². The third-order valence-electron chi connectivity index (χ3n) is 6.05. The number of carbonyl (C=O) groups is 1. The van der Waals surface area contributed by atoms with Gasteiger partial charge in [-0.15, -0.1) is 0 Å². The van der Waals surface area contributed by atoms with E-state index in [0.717, 1.165) is 0 Å². The number of nitrogens with one attached hydrogen (secondary N) is 3. The fourth-order valence-corrected chi connectivity index (χ4v) is 4.89. The molecule has 9 nitrogen and oxygen atoms in total. The number of methoxy groups -OCH3 is 2. The van der Waals surface area contributed by atoms with Crippen molar-refractivity contribution in [2.45, 2.75) is 11.5 Å². The summed E-state index contributed by atoms with van der Waals surface area (Å²) in [6, 6.07) is 16.9. The van der Waals surface area contributed by atoms with Gasteiger partial charge in [-0.2, -0.15) is 5.10 Å². The van der Waals surface area contributed by atoms with Crippen molar-refractivity contribution in [2.24, 2.45) is 10.9 Å². The van der Waals surface area contributed by atoms with Crippen LogP contribution in [0.15, 0.2) is 65.8 Å². The van der Waals surface area contributed by atoms with Crippen LogP contribution in [0.5, 0.6) is 11.5 Å². The van der Waals surface area contributed by atoms with Gasteiger partial charge in [0.05, 0.1) is 36.6 Å². The molecule has 1 heterocycles. The molecule has 0 radical (unpaired) electrons. The number of nitrogens with zero attached hydrogens (tertiary/aromatic N) is 1. The van der Waals surface area contributed by atoms with Gasteiger partial charge in [-0.25, -0.2) is 16.1 Å². The number of hydrazine groups is 1. The molecule has 0 fully saturated rings. The molecule has 11 heteroatoms. The molecule has 36 heavy (non-hydrogen) atoms. The summed E-state index contributed by atoms with van der Waals surface area (Å²) in [5.41, 5.74) is 5.60. The minimum absolute atomic E-state index is 0.108. The third kappa shape index (κ3) is 4.91. The number of urea groups is 1. The number of ether oxygens (including phenoxy) is 2. The molecule has 1 aliphatic heterocycles. The van der Waals surface area contributed by atoms with Gasteiger partial charge in [-0.1, -0.05) is 35.3 Å². The summed E-state index contributed by atoms with van der Waals surface area (Å²) in [5, 5.41) is 20.7. The first-order chi connectivity index (χ1) is 17.3. The maximum atomic E-state index is 12.3. The lowest BCUT2D eigenvalue weighted by molar-refractivity contribution is 0.0484. The Morgan fingerprint density at radius 3 is 2.28 bits per heavy atom. The Balaban J connectivity index is 1.95. The number of fused-ring (bicyclic) bond motifs is 1. The second-order valence-corrected chi connectivity index (χ2v) is 8.95. The molecule has 0 saturated heterocycles. The van der Waals surface area contributed by atoms with Crippen LogP contribution < -0.4 is 31.5 Å². The maximum Gasteiger partial charge on any atom is 0.349 e. The molecular formula is C25H25Cl2N5O4. The van der Waals surface area contributed by atoms with Gasteiger partial charge < -0.3 is 19.9 Å². The van der Waals surface area contributed by atoms with Crippen molar-refractivity contribution in [1.82, 2.24) is 10.9 Å². The molecule has 2 amide bonds. The lowest BCUT2D eigenvalue weighted by Gasteiger charge is -2.34. The van der Waals surface area contributed by atoms with Crippen LogP contribution in [0, 0.1) is 0 Å². The maximum absolute atomic E-state index is 12.3. The predicted molar refractivity (Wildman–Crippen MR) is 140 cm³/mol. The molecule has 0 spiro atoms. The summed E-state index contributed by atoms with van der Waals surface area (Å²) in [6.45, 7) is 0.108. The molecule has 0 aliphatic carbocycles. The Labute approximate surface area is 218 Å². The minimum atomic E-state index is -1.56. The lowest BCUT2D eigenvalue weighted by Crippen LogP contribution is -2.42. The van der Waals surface area contributed by atoms with Crippen LogP contribution in [0.1, 0.15) is 22.6 Å². The molecule has 0 bridgehead atoms. The van der Waals surface area contributed by atoms with Gasteiger partial charge >= 0.3 is 6.03 Å². The molecule has 6 N–H and O–H groups in total. The zero-order valence-corrected chi connectivity index (χ0v) is 21.0. The predicted octanol–water partition coefficient (Wildman–Crippen LogP) is 3.98. The Morgan fingerprint density at radius 2 is 1.69 bits per heavy atom. The molecule has 0 aromatic heterocycles. The SMILES string of the molecule is COc1ccc(/C(=N\NC(=O)NN)[C@H](c2ccc(OC)cc2)[C@]2(O)CNc3c(Cl)cc(Cl)cc32)cc1. The number of anilines is 1. The van der Waals surface area contributed by atoms with E-state index in [0.29, 0.717) is 49.6 Å². The van der Waals surface area contributed by atoms with Gasteiger partial charge in [-0.3, -0.25) is 5.43 Å². The van der Waals surface area contributed by atoms with Crippen molar-refractivity contribution in [1.29, 1.82) is 0 Å². The minimum Gasteiger partial charge on any atom is -0.497 e. The molecule has 3 aromatic rings. The van der Waals surface area contributed by atoms with Crippen LogP contribution in [0.25, 0.3) is 0 Å². The second kappa shape index (κ2) is 10.6. The number of benzene rings is 3. The van der Waals surface area contributed by atoms with Crippen molar-refractivity contribution >= 4 is 40.6 Å². The highest BCUT2D eigenvalue weighted by Crippen LogP contribution is 2.49. The highest BCUT2D eigenvalue weighted by atomic mass is 35.5. The van der Waals surface area contributed by atoms with Crippen LogP contribution in [-0.4, -0.2) is 37.6 Å². The van der Waals surface area contributed by atoms with Crippen LogP contribution in [0.4, 0.5) is 10.5 Å². The van der Waals surface area contributed by atoms with E-state index in [1.165, 1.54) is 0 Å². The standard InChI is InChI=1S/C25H25Cl2N5O4/c1-35-17-7-3-14(4-8-17)21(25(34)13-29-23-19(25)11-16(26)12-20(23)27)22(31-32-24(33)30-28)15-5-9-18(36-2)10-6-15/h3-12,21,29,34H,13,28H2,1-2H3,(H2,30,32,33)/b31-22+/t21-,25-/m0/s1. The van der Waals surface area contributed by atoms with Crippen molar-refractivity contribution in [3.63, 3.8) is 0 Å². The number of halogens is 2. The number of aliphatic hydroxyl groups is 1. The van der Waals surface area contributed by atoms with E-state index in [4.69, 9.17) is 38.5 Å². The molecule has 3 aromatic carbocycles. The summed E-state index contributed by atoms with van der Waals surface area (Å²) >= 11 is 12.8. The van der Waals surface area contributed by atoms with Crippen LogP contribution in [-0.2, 0) is 5.60 Å². The van der Waals surface area contributed by atoms with Gasteiger partial charge in [0.25, 0.3) is 0 Å². The molecule has 1 aliphatic rings. The average Bonchev–Trinajstić information content (AvgIpc) is 3.23. The monoisotopic (exact) mass is 529 g/mol. The number of hydrogen-bond donors (Lipinski definition) is 5. The summed E-state index contributed by atoms with van der Waals surface area (Å²) in [7, 11) is 3.13. The number of β-amino-alcohol motifs (C(OH)–C–C–N with tert-alkyl or cyclic N) is 1. The number of hydrogen-bond acceptors (Lipinski definition) is 7. The first kappa shape index (κ1) is 25.6. The largest absolute Gasteiger partial charge is 0.497 e. The quantitative estimate of drug-likeness (QED) is 0.136. The van der Waals surface area contributed by atoms with Gasteiger partial charge in [0.15, 0.2) is 0 Å². The van der Waals surface area contributed by atoms with E-state index in [2.05, 4.69) is 15.8 Å². The van der Waals surface area contributed by atoms with Crippen molar-refractivity contribution in [3.05, 3.63) is 87.4 Å². The summed E-state index contributed by atoms with van der Waals surface area (Å²) in [6.07, 6.45) is 0. The molecule has 2 atom stereocenters. The van der Waals surface area contributed by atoms with Crippen LogP contribution in [0.3, 0.4) is 0 Å². The number of amides is 2. The van der Waals surface area contributed by atoms with E-state index in [1.54, 1.807) is 62.8 Å². The number of carbonyl (C=O) groups excluding carboxylic acids is 1. The first-order valence-corrected chi connectivity index (χ1v) is 11.6. The van der Waals surface area contributed by atoms with E-state index < -0.39 is 17.6 Å². The highest BCUT2D eigenvalue weighted by molar-refractivity contribution is 6.36. The van der Waals surface area contributed by atoms with E-state index in [9.17, 15) is 9.90 Å². The fourth-order valence-electron chi connectivity index (χ4n) is 4.33. The molecule has 0 unspecified atom stereocenters. The Hall–Kier alpha value is -3.50. The number of hydrazone groups is 1. The fraction of sp³-hybridized carbons (Fsp3) is 0.200.